The van der Waals surface area contributed by atoms with Crippen LogP contribution in [-0.4, -0.2) is 13.6 Å². The molecule has 2 aliphatic carbocycles. The highest BCUT2D eigenvalue weighted by atomic mass is 14.9. The fourth-order valence-corrected chi connectivity index (χ4v) is 3.67. The second-order valence-corrected chi connectivity index (χ2v) is 6.09. The molecule has 2 saturated carbocycles. The van der Waals surface area contributed by atoms with Crippen LogP contribution < -0.4 is 5.32 Å². The van der Waals surface area contributed by atoms with Gasteiger partial charge in [-0.1, -0.05) is 27.7 Å². The van der Waals surface area contributed by atoms with Crippen molar-refractivity contribution in [3.8, 4) is 0 Å². The topological polar surface area (TPSA) is 12.0 Å². The van der Waals surface area contributed by atoms with Gasteiger partial charge in [-0.3, -0.25) is 0 Å². The molecule has 0 amide bonds. The number of hydrogen-bond acceptors (Lipinski definition) is 1. The van der Waals surface area contributed by atoms with Crippen molar-refractivity contribution in [3.63, 3.8) is 0 Å². The molecule has 0 aromatic heterocycles. The van der Waals surface area contributed by atoms with E-state index >= 15 is 0 Å². The molecule has 0 aromatic carbocycles. The van der Waals surface area contributed by atoms with Gasteiger partial charge in [-0.2, -0.15) is 0 Å². The van der Waals surface area contributed by atoms with Gasteiger partial charge in [0.2, 0.25) is 0 Å². The van der Waals surface area contributed by atoms with Crippen LogP contribution in [0.4, 0.5) is 0 Å². The number of hydrogen-bond donors (Lipinski definition) is 1. The SMILES string of the molecule is CNCC1C(C)(C)C1(C)C1(C)CC1. The Kier molecular flexibility index (Phi) is 1.69. The van der Waals surface area contributed by atoms with E-state index in [1.807, 2.05) is 0 Å². The highest BCUT2D eigenvalue weighted by Crippen LogP contribution is 2.81. The first-order valence-electron chi connectivity index (χ1n) is 5.55. The van der Waals surface area contributed by atoms with Gasteiger partial charge in [-0.25, -0.2) is 0 Å². The van der Waals surface area contributed by atoms with Crippen LogP contribution in [0.5, 0.6) is 0 Å². The predicted molar refractivity (Wildman–Crippen MR) is 56.6 cm³/mol. The lowest BCUT2D eigenvalue weighted by Gasteiger charge is -2.22. The largest absolute Gasteiger partial charge is 0.319 e. The maximum absolute atomic E-state index is 3.34. The first-order valence-corrected chi connectivity index (χ1v) is 5.55. The summed E-state index contributed by atoms with van der Waals surface area (Å²) in [7, 11) is 2.07. The van der Waals surface area contributed by atoms with E-state index in [0.717, 1.165) is 5.92 Å². The molecule has 0 spiro atoms. The molecule has 0 radical (unpaired) electrons. The highest BCUT2D eigenvalue weighted by Gasteiger charge is 2.76. The molecular weight excluding hydrogens is 158 g/mol. The van der Waals surface area contributed by atoms with Gasteiger partial charge in [0.05, 0.1) is 0 Å². The molecule has 0 heterocycles. The molecular formula is C12H23N. The van der Waals surface area contributed by atoms with E-state index in [2.05, 4.69) is 40.1 Å². The molecule has 1 heteroatoms. The summed E-state index contributed by atoms with van der Waals surface area (Å²) in [5.41, 5.74) is 1.82. The maximum Gasteiger partial charge on any atom is -0.00126 e. The van der Waals surface area contributed by atoms with E-state index in [0.29, 0.717) is 16.2 Å². The monoisotopic (exact) mass is 181 g/mol. The highest BCUT2D eigenvalue weighted by molar-refractivity contribution is 5.25. The lowest BCUT2D eigenvalue weighted by Crippen LogP contribution is -2.19. The third-order valence-corrected chi connectivity index (χ3v) is 5.49. The van der Waals surface area contributed by atoms with Crippen molar-refractivity contribution in [3.05, 3.63) is 0 Å². The Bertz CT molecular complexity index is 227. The van der Waals surface area contributed by atoms with Crippen molar-refractivity contribution in [2.75, 3.05) is 13.6 Å². The van der Waals surface area contributed by atoms with Gasteiger partial charge in [-0.15, -0.1) is 0 Å². The zero-order valence-electron chi connectivity index (χ0n) is 9.70. The van der Waals surface area contributed by atoms with E-state index in [1.54, 1.807) is 0 Å². The van der Waals surface area contributed by atoms with Crippen molar-refractivity contribution < 1.29 is 0 Å². The van der Waals surface area contributed by atoms with Crippen LogP contribution in [0.1, 0.15) is 40.5 Å². The molecule has 0 aromatic rings. The van der Waals surface area contributed by atoms with E-state index in [9.17, 15) is 0 Å². The molecule has 0 bridgehead atoms. The normalized spacial score (nSPS) is 44.5. The number of nitrogens with one attached hydrogen (secondary N) is 1. The molecule has 1 nitrogen and oxygen atoms in total. The Hall–Kier alpha value is -0.0400. The molecule has 2 rings (SSSR count). The molecule has 76 valence electrons. The van der Waals surface area contributed by atoms with Crippen LogP contribution in [0, 0.1) is 22.2 Å². The Morgan fingerprint density at radius 3 is 2.08 bits per heavy atom. The van der Waals surface area contributed by atoms with E-state index in [-0.39, 0.29) is 0 Å². The van der Waals surface area contributed by atoms with Gasteiger partial charge in [0.25, 0.3) is 0 Å². The van der Waals surface area contributed by atoms with Gasteiger partial charge in [0.15, 0.2) is 0 Å². The van der Waals surface area contributed by atoms with E-state index < -0.39 is 0 Å². The van der Waals surface area contributed by atoms with Crippen molar-refractivity contribution in [2.24, 2.45) is 22.2 Å². The molecule has 2 fully saturated rings. The summed E-state index contributed by atoms with van der Waals surface area (Å²) < 4.78 is 0. The Labute approximate surface area is 82.3 Å². The average molecular weight is 181 g/mol. The lowest BCUT2D eigenvalue weighted by atomic mass is 9.82. The summed E-state index contributed by atoms with van der Waals surface area (Å²) in [6, 6.07) is 0. The summed E-state index contributed by atoms with van der Waals surface area (Å²) in [6.07, 6.45) is 2.90. The zero-order chi connectivity index (χ0) is 9.91. The summed E-state index contributed by atoms with van der Waals surface area (Å²) >= 11 is 0. The quantitative estimate of drug-likeness (QED) is 0.706. The summed E-state index contributed by atoms with van der Waals surface area (Å²) in [5, 5.41) is 3.34. The Morgan fingerprint density at radius 1 is 1.15 bits per heavy atom. The molecule has 13 heavy (non-hydrogen) atoms. The molecule has 2 aliphatic rings. The molecule has 2 atom stereocenters. The van der Waals surface area contributed by atoms with Crippen molar-refractivity contribution in [1.29, 1.82) is 0 Å². The standard InChI is InChI=1S/C12H23N/c1-10(2)9(8-13-5)12(10,4)11(3)6-7-11/h9,13H,6-8H2,1-5H3. The fraction of sp³-hybridized carbons (Fsp3) is 1.00. The smallest absolute Gasteiger partial charge is 0.00126 e. The first kappa shape index (κ1) is 9.51. The minimum atomic E-state index is 0.557. The first-order chi connectivity index (χ1) is 5.90. The molecule has 2 unspecified atom stereocenters. The minimum absolute atomic E-state index is 0.557. The van der Waals surface area contributed by atoms with Crippen LogP contribution in [0.2, 0.25) is 0 Å². The van der Waals surface area contributed by atoms with Crippen molar-refractivity contribution in [1.82, 2.24) is 5.32 Å². The second kappa shape index (κ2) is 2.31. The van der Waals surface area contributed by atoms with Gasteiger partial charge in [0.1, 0.15) is 0 Å². The van der Waals surface area contributed by atoms with Crippen LogP contribution in [0.15, 0.2) is 0 Å². The van der Waals surface area contributed by atoms with Gasteiger partial charge in [-0.05, 0) is 48.6 Å². The van der Waals surface area contributed by atoms with Gasteiger partial charge >= 0.3 is 0 Å². The predicted octanol–water partition coefficient (Wildman–Crippen LogP) is 2.67. The third kappa shape index (κ3) is 0.918. The molecule has 0 saturated heterocycles. The fourth-order valence-electron chi connectivity index (χ4n) is 3.67. The van der Waals surface area contributed by atoms with Crippen LogP contribution in [-0.2, 0) is 0 Å². The van der Waals surface area contributed by atoms with Crippen LogP contribution >= 0.6 is 0 Å². The molecule has 0 aliphatic heterocycles. The lowest BCUT2D eigenvalue weighted by molar-refractivity contribution is 0.258. The zero-order valence-corrected chi connectivity index (χ0v) is 9.70. The van der Waals surface area contributed by atoms with E-state index in [4.69, 9.17) is 0 Å². The molecule has 1 N–H and O–H groups in total. The summed E-state index contributed by atoms with van der Waals surface area (Å²) in [6.45, 7) is 11.1. The third-order valence-electron chi connectivity index (χ3n) is 5.49. The maximum atomic E-state index is 3.34. The summed E-state index contributed by atoms with van der Waals surface area (Å²) in [5.74, 6) is 0.887. The van der Waals surface area contributed by atoms with Crippen molar-refractivity contribution in [2.45, 2.75) is 40.5 Å². The second-order valence-electron chi connectivity index (χ2n) is 6.09. The average Bonchev–Trinajstić information content (AvgIpc) is 2.87. The Balaban J connectivity index is 2.17. The minimum Gasteiger partial charge on any atom is -0.319 e. The van der Waals surface area contributed by atoms with Gasteiger partial charge in [0, 0.05) is 0 Å². The van der Waals surface area contributed by atoms with Crippen LogP contribution in [0.25, 0.3) is 0 Å². The van der Waals surface area contributed by atoms with E-state index in [1.165, 1.54) is 19.4 Å². The van der Waals surface area contributed by atoms with Crippen LogP contribution in [0.3, 0.4) is 0 Å². The van der Waals surface area contributed by atoms with Gasteiger partial charge < -0.3 is 5.32 Å². The number of rotatable bonds is 3. The van der Waals surface area contributed by atoms with Crippen molar-refractivity contribution >= 4 is 0 Å². The Morgan fingerprint density at radius 2 is 1.69 bits per heavy atom. The summed E-state index contributed by atoms with van der Waals surface area (Å²) in [4.78, 5) is 0.